The van der Waals surface area contributed by atoms with Gasteiger partial charge in [-0.1, -0.05) is 23.9 Å². The minimum Gasteiger partial charge on any atom is -0.497 e. The number of fused-ring (bicyclic) bond motifs is 1. The summed E-state index contributed by atoms with van der Waals surface area (Å²) in [6.45, 7) is 3.99. The van der Waals surface area contributed by atoms with Crippen LogP contribution in [0.3, 0.4) is 0 Å². The van der Waals surface area contributed by atoms with Gasteiger partial charge >= 0.3 is 0 Å². The number of hydrogen-bond acceptors (Lipinski definition) is 4. The van der Waals surface area contributed by atoms with Crippen LogP contribution in [0.5, 0.6) is 5.75 Å². The molecule has 6 heteroatoms. The Hall–Kier alpha value is -2.60. The predicted molar refractivity (Wildman–Crippen MR) is 103 cm³/mol. The number of methoxy groups -OCH3 is 1. The Morgan fingerprint density at radius 1 is 1.04 bits per heavy atom. The SMILES string of the molecule is COc1ccc([C@H]2SC(C)=Nc3c2c(C)nn3-c2ccc(F)cc2)cc1. The highest BCUT2D eigenvalue weighted by atomic mass is 32.2. The molecule has 132 valence electrons. The first kappa shape index (κ1) is 16.8. The van der Waals surface area contributed by atoms with Gasteiger partial charge in [-0.15, -0.1) is 0 Å². The van der Waals surface area contributed by atoms with Crippen LogP contribution in [-0.2, 0) is 0 Å². The smallest absolute Gasteiger partial charge is 0.161 e. The highest BCUT2D eigenvalue weighted by Crippen LogP contribution is 2.47. The second-order valence-electron chi connectivity index (χ2n) is 6.11. The molecule has 1 aliphatic rings. The molecule has 4 nitrogen and oxygen atoms in total. The lowest BCUT2D eigenvalue weighted by Gasteiger charge is -2.22. The minimum absolute atomic E-state index is 0.114. The van der Waals surface area contributed by atoms with Gasteiger partial charge < -0.3 is 4.74 Å². The average Bonchev–Trinajstić information content (AvgIpc) is 2.98. The zero-order valence-corrected chi connectivity index (χ0v) is 15.5. The average molecular weight is 367 g/mol. The van der Waals surface area contributed by atoms with Crippen molar-refractivity contribution >= 4 is 22.6 Å². The van der Waals surface area contributed by atoms with Crippen LogP contribution in [0, 0.1) is 12.7 Å². The summed E-state index contributed by atoms with van der Waals surface area (Å²) >= 11 is 1.72. The summed E-state index contributed by atoms with van der Waals surface area (Å²) in [6, 6.07) is 14.4. The first-order valence-corrected chi connectivity index (χ1v) is 9.16. The summed E-state index contributed by atoms with van der Waals surface area (Å²) in [6.07, 6.45) is 0. The van der Waals surface area contributed by atoms with E-state index in [0.29, 0.717) is 0 Å². The summed E-state index contributed by atoms with van der Waals surface area (Å²) in [5.74, 6) is 1.38. The first-order valence-electron chi connectivity index (χ1n) is 8.28. The predicted octanol–water partition coefficient (Wildman–Crippen LogP) is 5.21. The normalized spacial score (nSPS) is 16.2. The van der Waals surface area contributed by atoms with Crippen LogP contribution in [0.25, 0.3) is 5.69 Å². The third kappa shape index (κ3) is 2.90. The Morgan fingerprint density at radius 3 is 2.38 bits per heavy atom. The molecule has 3 aromatic rings. The number of rotatable bonds is 3. The largest absolute Gasteiger partial charge is 0.497 e. The van der Waals surface area contributed by atoms with E-state index in [0.717, 1.165) is 33.6 Å². The Kier molecular flexibility index (Phi) is 4.28. The van der Waals surface area contributed by atoms with Gasteiger partial charge in [-0.2, -0.15) is 5.10 Å². The van der Waals surface area contributed by atoms with Crippen LogP contribution in [0.2, 0.25) is 0 Å². The Bertz CT molecular complexity index is 978. The third-order valence-electron chi connectivity index (χ3n) is 4.39. The molecule has 0 N–H and O–H groups in total. The molecular formula is C20H18FN3OS. The number of aliphatic imine (C=N–C) groups is 1. The molecule has 0 saturated heterocycles. The van der Waals surface area contributed by atoms with Crippen molar-refractivity contribution in [3.8, 4) is 11.4 Å². The maximum Gasteiger partial charge on any atom is 0.161 e. The number of hydrogen-bond donors (Lipinski definition) is 0. The van der Waals surface area contributed by atoms with Crippen molar-refractivity contribution in [3.05, 3.63) is 71.2 Å². The molecule has 26 heavy (non-hydrogen) atoms. The summed E-state index contributed by atoms with van der Waals surface area (Å²) in [5, 5.41) is 5.77. The van der Waals surface area contributed by atoms with Crippen molar-refractivity contribution in [3.63, 3.8) is 0 Å². The van der Waals surface area contributed by atoms with Crippen molar-refractivity contribution in [1.82, 2.24) is 9.78 Å². The zero-order chi connectivity index (χ0) is 18.3. The van der Waals surface area contributed by atoms with Crippen LogP contribution < -0.4 is 4.74 Å². The molecule has 0 bridgehead atoms. The van der Waals surface area contributed by atoms with Crippen molar-refractivity contribution < 1.29 is 9.13 Å². The third-order valence-corrected chi connectivity index (χ3v) is 5.56. The van der Waals surface area contributed by atoms with Gasteiger partial charge in [-0.25, -0.2) is 14.1 Å². The lowest BCUT2D eigenvalue weighted by atomic mass is 10.0. The molecule has 2 heterocycles. The summed E-state index contributed by atoms with van der Waals surface area (Å²) in [5.41, 5.74) is 3.99. The van der Waals surface area contributed by atoms with E-state index in [1.165, 1.54) is 17.7 Å². The quantitative estimate of drug-likeness (QED) is 0.637. The van der Waals surface area contributed by atoms with Gasteiger partial charge in [0.1, 0.15) is 11.6 Å². The van der Waals surface area contributed by atoms with Gasteiger partial charge in [0.05, 0.1) is 28.8 Å². The number of thioether (sulfide) groups is 1. The van der Waals surface area contributed by atoms with Gasteiger partial charge in [0, 0.05) is 5.56 Å². The van der Waals surface area contributed by atoms with Crippen molar-refractivity contribution in [2.45, 2.75) is 19.1 Å². The fourth-order valence-electron chi connectivity index (χ4n) is 3.12. The van der Waals surface area contributed by atoms with Crippen molar-refractivity contribution in [1.29, 1.82) is 0 Å². The molecule has 0 fully saturated rings. The maximum atomic E-state index is 13.3. The second-order valence-corrected chi connectivity index (χ2v) is 7.41. The van der Waals surface area contributed by atoms with Crippen LogP contribution in [0.1, 0.15) is 29.0 Å². The Balaban J connectivity index is 1.83. The molecule has 1 aromatic heterocycles. The first-order chi connectivity index (χ1) is 12.6. The van der Waals surface area contributed by atoms with Crippen LogP contribution in [0.4, 0.5) is 10.2 Å². The fraction of sp³-hybridized carbons (Fsp3) is 0.200. The van der Waals surface area contributed by atoms with Gasteiger partial charge in [0.2, 0.25) is 0 Å². The van der Waals surface area contributed by atoms with Crippen LogP contribution in [-0.4, -0.2) is 21.9 Å². The maximum absolute atomic E-state index is 13.3. The highest BCUT2D eigenvalue weighted by Gasteiger charge is 2.30. The molecule has 0 aliphatic carbocycles. The molecule has 2 aromatic carbocycles. The molecular weight excluding hydrogens is 349 g/mol. The fourth-order valence-corrected chi connectivity index (χ4v) is 4.29. The standard InChI is InChI=1S/C20H18FN3OS/c1-12-18-19(14-4-10-17(25-3)11-5-14)26-13(2)22-20(18)24(23-12)16-8-6-15(21)7-9-16/h4-11,19H,1-3H3/t19-/m1/s1. The van der Waals surface area contributed by atoms with Crippen molar-refractivity contribution in [2.75, 3.05) is 7.11 Å². The van der Waals surface area contributed by atoms with Crippen LogP contribution >= 0.6 is 11.8 Å². The summed E-state index contributed by atoms with van der Waals surface area (Å²) < 4.78 is 20.3. The van der Waals surface area contributed by atoms with Gasteiger partial charge in [0.25, 0.3) is 0 Å². The minimum atomic E-state index is -0.266. The molecule has 1 atom stereocenters. The van der Waals surface area contributed by atoms with E-state index in [1.54, 1.807) is 35.7 Å². The molecule has 4 rings (SSSR count). The van der Waals surface area contributed by atoms with E-state index in [2.05, 4.69) is 17.2 Å². The monoisotopic (exact) mass is 367 g/mol. The molecule has 0 spiro atoms. The summed E-state index contributed by atoms with van der Waals surface area (Å²) in [7, 11) is 1.66. The van der Waals surface area contributed by atoms with Gasteiger partial charge in [-0.05, 0) is 55.8 Å². The second kappa shape index (κ2) is 6.61. The van der Waals surface area contributed by atoms with E-state index < -0.39 is 0 Å². The van der Waals surface area contributed by atoms with Crippen LogP contribution in [0.15, 0.2) is 53.5 Å². The molecule has 0 amide bonds. The van der Waals surface area contributed by atoms with E-state index in [4.69, 9.17) is 9.73 Å². The lowest BCUT2D eigenvalue weighted by Crippen LogP contribution is -2.06. The van der Waals surface area contributed by atoms with Crippen molar-refractivity contribution in [2.24, 2.45) is 4.99 Å². The Morgan fingerprint density at radius 2 is 1.73 bits per heavy atom. The zero-order valence-electron chi connectivity index (χ0n) is 14.7. The lowest BCUT2D eigenvalue weighted by molar-refractivity contribution is 0.414. The summed E-state index contributed by atoms with van der Waals surface area (Å²) in [4.78, 5) is 4.74. The number of aryl methyl sites for hydroxylation is 1. The number of nitrogens with zero attached hydrogens (tertiary/aromatic N) is 3. The van der Waals surface area contributed by atoms with E-state index in [1.807, 2.05) is 26.0 Å². The van der Waals surface area contributed by atoms with E-state index >= 15 is 0 Å². The van der Waals surface area contributed by atoms with Gasteiger partial charge in [0.15, 0.2) is 5.82 Å². The highest BCUT2D eigenvalue weighted by molar-refractivity contribution is 8.14. The molecule has 1 aliphatic heterocycles. The molecule has 0 saturated carbocycles. The van der Waals surface area contributed by atoms with E-state index in [-0.39, 0.29) is 11.1 Å². The molecule has 0 unspecified atom stereocenters. The molecule has 0 radical (unpaired) electrons. The number of ether oxygens (including phenoxy) is 1. The van der Waals surface area contributed by atoms with E-state index in [9.17, 15) is 4.39 Å². The topological polar surface area (TPSA) is 39.4 Å². The van der Waals surface area contributed by atoms with Gasteiger partial charge in [-0.3, -0.25) is 0 Å². The number of aromatic nitrogens is 2. The number of halogens is 1. The number of benzene rings is 2. The Labute approximate surface area is 155 Å².